The lowest BCUT2D eigenvalue weighted by molar-refractivity contribution is 0.623. The van der Waals surface area contributed by atoms with Gasteiger partial charge in [0.15, 0.2) is 0 Å². The van der Waals surface area contributed by atoms with Crippen LogP contribution >= 0.6 is 27.3 Å². The van der Waals surface area contributed by atoms with E-state index in [2.05, 4.69) is 20.9 Å². The predicted octanol–water partition coefficient (Wildman–Crippen LogP) is 2.49. The molecule has 0 fully saturated rings. The summed E-state index contributed by atoms with van der Waals surface area (Å²) in [5.74, 6) is -0.364. The van der Waals surface area contributed by atoms with Crippen molar-refractivity contribution in [3.8, 4) is 0 Å². The average molecular weight is 248 g/mol. The number of fused-ring (bicyclic) bond motifs is 1. The molecule has 2 nitrogen and oxygen atoms in total. The molecule has 0 aliphatic heterocycles. The normalized spacial score (nSPS) is 10.8. The zero-order valence-electron chi connectivity index (χ0n) is 5.73. The number of halogens is 2. The average Bonchev–Trinajstić information content (AvgIpc) is 2.30. The van der Waals surface area contributed by atoms with Crippen LogP contribution in [-0.4, -0.2) is 4.98 Å². The summed E-state index contributed by atoms with van der Waals surface area (Å²) in [5, 5.41) is 0. The van der Waals surface area contributed by atoms with Crippen LogP contribution in [0.15, 0.2) is 21.4 Å². The topological polar surface area (TPSA) is 32.9 Å². The number of H-pyrrole nitrogens is 1. The minimum Gasteiger partial charge on any atom is -0.312 e. The Hall–Kier alpha value is -0.680. The third kappa shape index (κ3) is 1.19. The molecular formula is C7H3BrFNOS. The first kappa shape index (κ1) is 7.94. The Morgan fingerprint density at radius 2 is 2.25 bits per heavy atom. The van der Waals surface area contributed by atoms with Gasteiger partial charge in [-0.1, -0.05) is 11.3 Å². The lowest BCUT2D eigenvalue weighted by Gasteiger charge is -1.92. The second-order valence-electron chi connectivity index (χ2n) is 2.28. The minimum atomic E-state index is -0.364. The van der Waals surface area contributed by atoms with Gasteiger partial charge < -0.3 is 4.98 Å². The van der Waals surface area contributed by atoms with E-state index in [1.165, 1.54) is 6.07 Å². The quantitative estimate of drug-likeness (QED) is 0.763. The predicted molar refractivity (Wildman–Crippen MR) is 50.1 cm³/mol. The van der Waals surface area contributed by atoms with Crippen LogP contribution in [-0.2, 0) is 0 Å². The number of aromatic nitrogens is 1. The van der Waals surface area contributed by atoms with Crippen molar-refractivity contribution >= 4 is 37.5 Å². The number of thiazole rings is 1. The molecule has 0 radical (unpaired) electrons. The van der Waals surface area contributed by atoms with E-state index < -0.39 is 0 Å². The maximum atomic E-state index is 12.9. The van der Waals surface area contributed by atoms with Crippen molar-refractivity contribution < 1.29 is 4.39 Å². The lowest BCUT2D eigenvalue weighted by Crippen LogP contribution is -1.89. The van der Waals surface area contributed by atoms with Crippen LogP contribution in [0.4, 0.5) is 4.39 Å². The van der Waals surface area contributed by atoms with E-state index in [9.17, 15) is 9.18 Å². The summed E-state index contributed by atoms with van der Waals surface area (Å²) < 4.78 is 14.0. The summed E-state index contributed by atoms with van der Waals surface area (Å²) in [6.45, 7) is 0. The van der Waals surface area contributed by atoms with Crippen molar-refractivity contribution in [2.75, 3.05) is 0 Å². The van der Waals surface area contributed by atoms with Gasteiger partial charge in [-0.25, -0.2) is 4.39 Å². The first-order valence-corrected chi connectivity index (χ1v) is 4.75. The van der Waals surface area contributed by atoms with Crippen LogP contribution in [0, 0.1) is 5.82 Å². The van der Waals surface area contributed by atoms with Crippen molar-refractivity contribution in [3.05, 3.63) is 32.1 Å². The molecule has 1 heterocycles. The standard InChI is InChI=1S/C7H3BrFNOS/c8-3-1-6-5(2-4(3)9)10-7(11)12-6/h1-2H,(H,10,11). The molecule has 12 heavy (non-hydrogen) atoms. The number of aromatic amines is 1. The molecule has 1 aromatic heterocycles. The van der Waals surface area contributed by atoms with Gasteiger partial charge in [0.1, 0.15) is 5.82 Å². The van der Waals surface area contributed by atoms with Crippen LogP contribution in [0.5, 0.6) is 0 Å². The van der Waals surface area contributed by atoms with Gasteiger partial charge in [-0.05, 0) is 22.0 Å². The van der Waals surface area contributed by atoms with E-state index in [4.69, 9.17) is 0 Å². The highest BCUT2D eigenvalue weighted by molar-refractivity contribution is 9.10. The van der Waals surface area contributed by atoms with Crippen LogP contribution in [0.2, 0.25) is 0 Å². The molecular weight excluding hydrogens is 245 g/mol. The molecule has 0 atom stereocenters. The Kier molecular flexibility index (Phi) is 1.77. The third-order valence-electron chi connectivity index (χ3n) is 1.46. The van der Waals surface area contributed by atoms with Crippen molar-refractivity contribution in [2.24, 2.45) is 0 Å². The third-order valence-corrected chi connectivity index (χ3v) is 2.91. The van der Waals surface area contributed by atoms with Crippen molar-refractivity contribution in [3.63, 3.8) is 0 Å². The largest absolute Gasteiger partial charge is 0.312 e. The Balaban J connectivity index is 2.92. The van der Waals surface area contributed by atoms with Gasteiger partial charge in [-0.2, -0.15) is 0 Å². The van der Waals surface area contributed by atoms with Crippen LogP contribution < -0.4 is 4.87 Å². The molecule has 0 unspecified atom stereocenters. The first-order valence-electron chi connectivity index (χ1n) is 3.15. The SMILES string of the molecule is O=c1[nH]c2cc(F)c(Br)cc2s1. The summed E-state index contributed by atoms with van der Waals surface area (Å²) in [5.41, 5.74) is 0.547. The molecule has 2 rings (SSSR count). The Morgan fingerprint density at radius 3 is 3.00 bits per heavy atom. The van der Waals surface area contributed by atoms with Gasteiger partial charge in [0.05, 0.1) is 14.7 Å². The van der Waals surface area contributed by atoms with Crippen molar-refractivity contribution in [2.45, 2.75) is 0 Å². The van der Waals surface area contributed by atoms with Gasteiger partial charge in [0, 0.05) is 6.07 Å². The van der Waals surface area contributed by atoms with Crippen LogP contribution in [0.1, 0.15) is 0 Å². The number of hydrogen-bond acceptors (Lipinski definition) is 2. The second-order valence-corrected chi connectivity index (χ2v) is 4.15. The van der Waals surface area contributed by atoms with Gasteiger partial charge in [0.25, 0.3) is 0 Å². The van der Waals surface area contributed by atoms with Crippen LogP contribution in [0.25, 0.3) is 10.2 Å². The number of rotatable bonds is 0. The van der Waals surface area contributed by atoms with Crippen molar-refractivity contribution in [1.29, 1.82) is 0 Å². The minimum absolute atomic E-state index is 0.164. The molecule has 2 aromatic rings. The molecule has 5 heteroatoms. The van der Waals surface area contributed by atoms with E-state index in [1.807, 2.05) is 0 Å². The maximum absolute atomic E-state index is 12.9. The summed E-state index contributed by atoms with van der Waals surface area (Å²) in [6, 6.07) is 2.89. The summed E-state index contributed by atoms with van der Waals surface area (Å²) >= 11 is 4.11. The molecule has 1 N–H and O–H groups in total. The number of hydrogen-bond donors (Lipinski definition) is 1. The molecule has 0 aliphatic carbocycles. The zero-order chi connectivity index (χ0) is 8.72. The van der Waals surface area contributed by atoms with E-state index in [1.54, 1.807) is 6.07 Å². The highest BCUT2D eigenvalue weighted by Gasteiger charge is 2.04. The monoisotopic (exact) mass is 247 g/mol. The lowest BCUT2D eigenvalue weighted by atomic mass is 10.3. The molecule has 0 aliphatic rings. The molecule has 0 spiro atoms. The highest BCUT2D eigenvalue weighted by Crippen LogP contribution is 2.23. The first-order chi connectivity index (χ1) is 5.66. The number of nitrogens with one attached hydrogen (secondary N) is 1. The fraction of sp³-hybridized carbons (Fsp3) is 0. The van der Waals surface area contributed by atoms with Gasteiger partial charge in [0.2, 0.25) is 0 Å². The van der Waals surface area contributed by atoms with Gasteiger partial charge >= 0.3 is 4.87 Å². The fourth-order valence-corrected chi connectivity index (χ4v) is 2.20. The summed E-state index contributed by atoms with van der Waals surface area (Å²) in [4.78, 5) is 13.2. The Labute approximate surface area is 79.2 Å². The highest BCUT2D eigenvalue weighted by atomic mass is 79.9. The molecule has 1 aromatic carbocycles. The van der Waals surface area contributed by atoms with Gasteiger partial charge in [-0.3, -0.25) is 4.79 Å². The Bertz CT molecular complexity index is 448. The summed E-state index contributed by atoms with van der Waals surface area (Å²) in [6.07, 6.45) is 0. The molecule has 0 saturated carbocycles. The molecule has 0 amide bonds. The number of benzene rings is 1. The molecule has 0 bridgehead atoms. The molecule has 62 valence electrons. The zero-order valence-corrected chi connectivity index (χ0v) is 8.13. The van der Waals surface area contributed by atoms with Crippen molar-refractivity contribution in [1.82, 2.24) is 4.98 Å². The second kappa shape index (κ2) is 2.67. The maximum Gasteiger partial charge on any atom is 0.305 e. The van der Waals surface area contributed by atoms with E-state index >= 15 is 0 Å². The van der Waals surface area contributed by atoms with E-state index in [0.717, 1.165) is 16.0 Å². The smallest absolute Gasteiger partial charge is 0.305 e. The molecule has 0 saturated heterocycles. The van der Waals surface area contributed by atoms with Crippen LogP contribution in [0.3, 0.4) is 0 Å². The fourth-order valence-electron chi connectivity index (χ4n) is 0.946. The Morgan fingerprint density at radius 1 is 1.50 bits per heavy atom. The van der Waals surface area contributed by atoms with Gasteiger partial charge in [-0.15, -0.1) is 0 Å². The summed E-state index contributed by atoms with van der Waals surface area (Å²) in [7, 11) is 0. The van der Waals surface area contributed by atoms with E-state index in [0.29, 0.717) is 9.99 Å². The van der Waals surface area contributed by atoms with E-state index in [-0.39, 0.29) is 10.7 Å².